The van der Waals surface area contributed by atoms with E-state index in [1.54, 1.807) is 6.26 Å². The molecule has 1 atom stereocenters. The van der Waals surface area contributed by atoms with Crippen LogP contribution in [0.1, 0.15) is 19.3 Å². The van der Waals surface area contributed by atoms with Crippen molar-refractivity contribution < 1.29 is 18.9 Å². The number of nitrogens with one attached hydrogen (secondary N) is 2. The molecule has 0 heterocycles. The molecule has 0 bridgehead atoms. The second-order valence-electron chi connectivity index (χ2n) is 3.90. The third kappa shape index (κ3) is 3.19. The molecule has 1 unspecified atom stereocenters. The summed E-state index contributed by atoms with van der Waals surface area (Å²) in [5.41, 5.74) is -1.09. The van der Waals surface area contributed by atoms with Crippen molar-refractivity contribution >= 4 is 22.8 Å². The first kappa shape index (κ1) is 13.0. The Morgan fingerprint density at radius 2 is 2.06 bits per heavy atom. The minimum Gasteiger partial charge on any atom is -0.480 e. The standard InChI is InChI=1S/C9H16N2O4S/c1-16(15)6-5-10-8(14)11-9(7(12)13)3-2-4-9/h2-6H2,1H3,(H,12,13)(H2,10,11,14). The Hall–Kier alpha value is -1.11. The van der Waals surface area contributed by atoms with E-state index < -0.39 is 28.3 Å². The maximum Gasteiger partial charge on any atom is 0.329 e. The average Bonchev–Trinajstić information content (AvgIpc) is 2.10. The van der Waals surface area contributed by atoms with Gasteiger partial charge in [-0.1, -0.05) is 0 Å². The van der Waals surface area contributed by atoms with E-state index in [4.69, 9.17) is 5.11 Å². The highest BCUT2D eigenvalue weighted by molar-refractivity contribution is 7.84. The van der Waals surface area contributed by atoms with Crippen molar-refractivity contribution in [2.75, 3.05) is 18.6 Å². The summed E-state index contributed by atoms with van der Waals surface area (Å²) in [5, 5.41) is 13.9. The molecule has 6 nitrogen and oxygen atoms in total. The molecule has 2 amide bonds. The Morgan fingerprint density at radius 3 is 2.44 bits per heavy atom. The molecule has 0 aliphatic heterocycles. The lowest BCUT2D eigenvalue weighted by atomic mass is 9.77. The molecule has 1 rings (SSSR count). The molecule has 0 spiro atoms. The maximum atomic E-state index is 11.4. The molecule has 92 valence electrons. The van der Waals surface area contributed by atoms with Gasteiger partial charge in [0, 0.05) is 29.4 Å². The molecule has 0 radical (unpaired) electrons. The zero-order valence-corrected chi connectivity index (χ0v) is 9.93. The van der Waals surface area contributed by atoms with Crippen molar-refractivity contribution in [3.05, 3.63) is 0 Å². The second-order valence-corrected chi connectivity index (χ2v) is 5.45. The fourth-order valence-electron chi connectivity index (χ4n) is 1.49. The minimum absolute atomic E-state index is 0.282. The summed E-state index contributed by atoms with van der Waals surface area (Å²) in [7, 11) is -0.961. The van der Waals surface area contributed by atoms with Gasteiger partial charge in [0.15, 0.2) is 0 Å². The van der Waals surface area contributed by atoms with Gasteiger partial charge >= 0.3 is 12.0 Å². The Balaban J connectivity index is 2.33. The molecule has 1 saturated carbocycles. The van der Waals surface area contributed by atoms with Gasteiger partial charge in [-0.3, -0.25) is 4.21 Å². The quantitative estimate of drug-likeness (QED) is 0.621. The topological polar surface area (TPSA) is 95.5 Å². The Bertz CT molecular complexity index is 315. The molecule has 1 aliphatic rings. The average molecular weight is 248 g/mol. The van der Waals surface area contributed by atoms with Crippen LogP contribution >= 0.6 is 0 Å². The summed E-state index contributed by atoms with van der Waals surface area (Å²) >= 11 is 0. The number of urea groups is 1. The highest BCUT2D eigenvalue weighted by Crippen LogP contribution is 2.31. The van der Waals surface area contributed by atoms with Crippen LogP contribution in [0.15, 0.2) is 0 Å². The number of hydrogen-bond acceptors (Lipinski definition) is 3. The number of carbonyl (C=O) groups excluding carboxylic acids is 1. The molecule has 0 saturated heterocycles. The van der Waals surface area contributed by atoms with Crippen molar-refractivity contribution in [3.8, 4) is 0 Å². The van der Waals surface area contributed by atoms with E-state index >= 15 is 0 Å². The second kappa shape index (κ2) is 5.29. The van der Waals surface area contributed by atoms with E-state index in [1.165, 1.54) is 0 Å². The molecule has 1 fully saturated rings. The summed E-state index contributed by atoms with van der Waals surface area (Å²) in [5.74, 6) is -0.624. The number of rotatable bonds is 5. The summed E-state index contributed by atoms with van der Waals surface area (Å²) in [6.07, 6.45) is 3.29. The van der Waals surface area contributed by atoms with Gasteiger partial charge in [-0.05, 0) is 19.3 Å². The van der Waals surface area contributed by atoms with Gasteiger partial charge in [0.25, 0.3) is 0 Å². The van der Waals surface area contributed by atoms with Crippen LogP contribution < -0.4 is 10.6 Å². The maximum absolute atomic E-state index is 11.4. The summed E-state index contributed by atoms with van der Waals surface area (Å²) in [6, 6.07) is -0.507. The van der Waals surface area contributed by atoms with E-state index in [0.717, 1.165) is 6.42 Å². The van der Waals surface area contributed by atoms with Crippen molar-refractivity contribution in [1.29, 1.82) is 0 Å². The SMILES string of the molecule is CS(=O)CCNC(=O)NC1(C(=O)O)CCC1. The third-order valence-electron chi connectivity index (χ3n) is 2.64. The van der Waals surface area contributed by atoms with Crippen molar-refractivity contribution in [1.82, 2.24) is 10.6 Å². The lowest BCUT2D eigenvalue weighted by molar-refractivity contribution is -0.148. The fraction of sp³-hybridized carbons (Fsp3) is 0.778. The molecule has 7 heteroatoms. The van der Waals surface area contributed by atoms with Gasteiger partial charge in [0.2, 0.25) is 0 Å². The van der Waals surface area contributed by atoms with E-state index in [-0.39, 0.29) is 6.54 Å². The highest BCUT2D eigenvalue weighted by atomic mass is 32.2. The van der Waals surface area contributed by atoms with Crippen LogP contribution in [-0.4, -0.2) is 45.4 Å². The first-order valence-corrected chi connectivity index (χ1v) is 6.78. The zero-order valence-electron chi connectivity index (χ0n) is 9.12. The first-order valence-electron chi connectivity index (χ1n) is 5.06. The summed E-state index contributed by atoms with van der Waals surface area (Å²) < 4.78 is 10.7. The van der Waals surface area contributed by atoms with E-state index in [1.807, 2.05) is 0 Å². The van der Waals surface area contributed by atoms with Crippen LogP contribution in [0.25, 0.3) is 0 Å². The largest absolute Gasteiger partial charge is 0.480 e. The molecule has 1 aliphatic carbocycles. The molecule has 0 aromatic heterocycles. The van der Waals surface area contributed by atoms with Crippen LogP contribution in [0.3, 0.4) is 0 Å². The molecule has 0 aromatic rings. The summed E-state index contributed by atoms with van der Waals surface area (Å²) in [6.45, 7) is 0.282. The smallest absolute Gasteiger partial charge is 0.329 e. The number of hydrogen-bond donors (Lipinski definition) is 3. The minimum atomic E-state index is -1.09. The van der Waals surface area contributed by atoms with Crippen LogP contribution in [0.4, 0.5) is 4.79 Å². The van der Waals surface area contributed by atoms with Crippen molar-refractivity contribution in [2.24, 2.45) is 0 Å². The van der Waals surface area contributed by atoms with Gasteiger partial charge in [0.1, 0.15) is 5.54 Å². The van der Waals surface area contributed by atoms with Crippen LogP contribution in [-0.2, 0) is 15.6 Å². The molecule has 3 N–H and O–H groups in total. The number of carboxylic acids is 1. The lowest BCUT2D eigenvalue weighted by Gasteiger charge is -2.38. The Labute approximate surface area is 96.2 Å². The monoisotopic (exact) mass is 248 g/mol. The number of carboxylic acid groups (broad SMARTS) is 1. The third-order valence-corrected chi connectivity index (χ3v) is 3.42. The van der Waals surface area contributed by atoms with Crippen LogP contribution in [0.2, 0.25) is 0 Å². The van der Waals surface area contributed by atoms with E-state index in [9.17, 15) is 13.8 Å². The number of carbonyl (C=O) groups is 2. The van der Waals surface area contributed by atoms with Gasteiger partial charge in [-0.15, -0.1) is 0 Å². The molecular formula is C9H16N2O4S. The first-order chi connectivity index (χ1) is 7.46. The predicted molar refractivity (Wildman–Crippen MR) is 59.7 cm³/mol. The predicted octanol–water partition coefficient (Wildman–Crippen LogP) is -0.329. The van der Waals surface area contributed by atoms with Crippen LogP contribution in [0, 0.1) is 0 Å². The van der Waals surface area contributed by atoms with Gasteiger partial charge in [-0.25, -0.2) is 9.59 Å². The lowest BCUT2D eigenvalue weighted by Crippen LogP contribution is -2.61. The Kier molecular flexibility index (Phi) is 4.28. The van der Waals surface area contributed by atoms with Gasteiger partial charge < -0.3 is 15.7 Å². The summed E-state index contributed by atoms with van der Waals surface area (Å²) in [4.78, 5) is 22.3. The highest BCUT2D eigenvalue weighted by Gasteiger charge is 2.45. The fourth-order valence-corrected chi connectivity index (χ4v) is 1.88. The van der Waals surface area contributed by atoms with E-state index in [2.05, 4.69) is 10.6 Å². The molecular weight excluding hydrogens is 232 g/mol. The number of aliphatic carboxylic acids is 1. The van der Waals surface area contributed by atoms with Gasteiger partial charge in [-0.2, -0.15) is 0 Å². The van der Waals surface area contributed by atoms with Crippen molar-refractivity contribution in [3.63, 3.8) is 0 Å². The number of amides is 2. The Morgan fingerprint density at radius 1 is 1.44 bits per heavy atom. The zero-order chi connectivity index (χ0) is 12.2. The van der Waals surface area contributed by atoms with E-state index in [0.29, 0.717) is 18.6 Å². The van der Waals surface area contributed by atoms with Crippen molar-refractivity contribution in [2.45, 2.75) is 24.8 Å². The normalized spacial score (nSPS) is 19.3. The molecule has 0 aromatic carbocycles. The molecule has 16 heavy (non-hydrogen) atoms. The van der Waals surface area contributed by atoms with Gasteiger partial charge in [0.05, 0.1) is 0 Å². The van der Waals surface area contributed by atoms with Crippen LogP contribution in [0.5, 0.6) is 0 Å².